The zero-order valence-electron chi connectivity index (χ0n) is 14.5. The molecule has 4 rings (SSSR count). The Morgan fingerprint density at radius 2 is 1.96 bits per heavy atom. The molecule has 1 saturated heterocycles. The maximum absolute atomic E-state index is 13.3. The van der Waals surface area contributed by atoms with Crippen molar-refractivity contribution in [3.63, 3.8) is 0 Å². The van der Waals surface area contributed by atoms with Gasteiger partial charge in [-0.2, -0.15) is 0 Å². The first-order valence-corrected chi connectivity index (χ1v) is 9.28. The summed E-state index contributed by atoms with van der Waals surface area (Å²) in [5, 5.41) is 2.73. The smallest absolute Gasteiger partial charge is 0.275 e. The first-order chi connectivity index (χ1) is 13.6. The minimum atomic E-state index is -0.346. The Labute approximate surface area is 168 Å². The van der Waals surface area contributed by atoms with Gasteiger partial charge in [-0.05, 0) is 40.2 Å². The molecule has 9 heteroatoms. The van der Waals surface area contributed by atoms with Crippen LogP contribution in [0.25, 0.3) is 0 Å². The molecule has 28 heavy (non-hydrogen) atoms. The molecule has 3 heterocycles. The molecular weight excluding hydrogens is 429 g/mol. The number of nitrogens with zero attached hydrogens (tertiary/aromatic N) is 4. The second kappa shape index (κ2) is 7.89. The van der Waals surface area contributed by atoms with Crippen LogP contribution in [-0.4, -0.2) is 40.1 Å². The van der Waals surface area contributed by atoms with Gasteiger partial charge in [-0.1, -0.05) is 0 Å². The molecule has 0 saturated carbocycles. The van der Waals surface area contributed by atoms with Gasteiger partial charge in [-0.3, -0.25) is 9.78 Å². The van der Waals surface area contributed by atoms with E-state index < -0.39 is 0 Å². The van der Waals surface area contributed by atoms with E-state index in [4.69, 9.17) is 4.74 Å². The summed E-state index contributed by atoms with van der Waals surface area (Å²) in [7, 11) is 0. The Morgan fingerprint density at radius 3 is 2.68 bits per heavy atom. The van der Waals surface area contributed by atoms with Crippen LogP contribution in [0.1, 0.15) is 10.5 Å². The molecule has 1 aromatic carbocycles. The van der Waals surface area contributed by atoms with Crippen LogP contribution < -0.4 is 15.0 Å². The largest absolute Gasteiger partial charge is 0.485 e. The minimum Gasteiger partial charge on any atom is -0.485 e. The zero-order chi connectivity index (χ0) is 19.5. The van der Waals surface area contributed by atoms with Gasteiger partial charge in [-0.25, -0.2) is 14.4 Å². The summed E-state index contributed by atoms with van der Waals surface area (Å²) in [6.07, 6.45) is 6.10. The topological polar surface area (TPSA) is 80.2 Å². The summed E-state index contributed by atoms with van der Waals surface area (Å²) < 4.78 is 19.8. The Hall–Kier alpha value is -3.07. The number of carbonyl (C=O) groups excluding carboxylic acids is 1. The monoisotopic (exact) mass is 443 g/mol. The van der Waals surface area contributed by atoms with Gasteiger partial charge >= 0.3 is 0 Å². The first kappa shape index (κ1) is 18.3. The lowest BCUT2D eigenvalue weighted by atomic mass is 10.1. The maximum Gasteiger partial charge on any atom is 0.275 e. The normalized spacial score (nSPS) is 13.7. The van der Waals surface area contributed by atoms with Gasteiger partial charge in [-0.15, -0.1) is 0 Å². The number of aromatic nitrogens is 3. The Kier molecular flexibility index (Phi) is 5.16. The van der Waals surface area contributed by atoms with Gasteiger partial charge < -0.3 is 15.0 Å². The highest BCUT2D eigenvalue weighted by atomic mass is 79.9. The van der Waals surface area contributed by atoms with Crippen LogP contribution in [-0.2, 0) is 0 Å². The summed E-state index contributed by atoms with van der Waals surface area (Å²) in [5.74, 6) is 0.435. The van der Waals surface area contributed by atoms with Crippen molar-refractivity contribution in [2.24, 2.45) is 0 Å². The van der Waals surface area contributed by atoms with Crippen molar-refractivity contribution in [2.75, 3.05) is 23.3 Å². The zero-order valence-corrected chi connectivity index (χ0v) is 16.1. The van der Waals surface area contributed by atoms with Crippen molar-refractivity contribution in [3.8, 4) is 5.75 Å². The fourth-order valence-electron chi connectivity index (χ4n) is 2.68. The third-order valence-corrected chi connectivity index (χ3v) is 4.82. The number of carbonyl (C=O) groups is 1. The standard InChI is InChI=1S/C19H15BrFN5O2/c20-15-2-1-12(21)7-17(15)28-14-10-26(11-14)18-9-23-16(8-24-18)19(27)25-13-3-5-22-6-4-13/h1-9,14H,10-11H2,(H,22,25,27). The molecule has 142 valence electrons. The van der Waals surface area contributed by atoms with Crippen LogP contribution in [0.2, 0.25) is 0 Å². The van der Waals surface area contributed by atoms with Crippen LogP contribution in [0, 0.1) is 5.82 Å². The van der Waals surface area contributed by atoms with Crippen LogP contribution in [0.15, 0.2) is 59.6 Å². The fourth-order valence-corrected chi connectivity index (χ4v) is 3.02. The second-order valence-electron chi connectivity index (χ2n) is 6.17. The number of hydrogen-bond donors (Lipinski definition) is 1. The van der Waals surface area contributed by atoms with E-state index in [0.29, 0.717) is 34.8 Å². The average molecular weight is 444 g/mol. The molecule has 7 nitrogen and oxygen atoms in total. The summed E-state index contributed by atoms with van der Waals surface area (Å²) in [5.41, 5.74) is 0.856. The van der Waals surface area contributed by atoms with Gasteiger partial charge in [0.15, 0.2) is 0 Å². The van der Waals surface area contributed by atoms with Crippen molar-refractivity contribution >= 4 is 33.3 Å². The summed E-state index contributed by atoms with van der Waals surface area (Å²) in [4.78, 5) is 26.5. The summed E-state index contributed by atoms with van der Waals surface area (Å²) in [6.45, 7) is 1.19. The van der Waals surface area contributed by atoms with Gasteiger partial charge in [0.25, 0.3) is 5.91 Å². The van der Waals surface area contributed by atoms with E-state index in [1.165, 1.54) is 18.3 Å². The second-order valence-corrected chi connectivity index (χ2v) is 7.02. The predicted octanol–water partition coefficient (Wildman–Crippen LogP) is 3.29. The molecule has 1 N–H and O–H groups in total. The molecular formula is C19H15BrFN5O2. The van der Waals surface area contributed by atoms with E-state index in [1.54, 1.807) is 36.8 Å². The molecule has 3 aromatic rings. The third kappa shape index (κ3) is 4.09. The number of halogens is 2. The van der Waals surface area contributed by atoms with Gasteiger partial charge in [0.1, 0.15) is 29.2 Å². The van der Waals surface area contributed by atoms with Crippen molar-refractivity contribution in [3.05, 3.63) is 71.1 Å². The van der Waals surface area contributed by atoms with Crippen molar-refractivity contribution < 1.29 is 13.9 Å². The van der Waals surface area contributed by atoms with E-state index in [2.05, 4.69) is 36.2 Å². The van der Waals surface area contributed by atoms with Gasteiger partial charge in [0.2, 0.25) is 0 Å². The van der Waals surface area contributed by atoms with E-state index in [-0.39, 0.29) is 23.5 Å². The van der Waals surface area contributed by atoms with Gasteiger partial charge in [0, 0.05) is 24.1 Å². The highest BCUT2D eigenvalue weighted by Gasteiger charge is 2.30. The summed E-state index contributed by atoms with van der Waals surface area (Å²) >= 11 is 3.35. The maximum atomic E-state index is 13.3. The molecule has 0 bridgehead atoms. The van der Waals surface area contributed by atoms with Crippen molar-refractivity contribution in [2.45, 2.75) is 6.10 Å². The lowest BCUT2D eigenvalue weighted by Gasteiger charge is -2.39. The quantitative estimate of drug-likeness (QED) is 0.651. The Bertz CT molecular complexity index is 981. The molecule has 0 aliphatic carbocycles. The molecule has 1 amide bonds. The molecule has 0 spiro atoms. The number of hydrogen-bond acceptors (Lipinski definition) is 6. The Balaban J connectivity index is 1.33. The highest BCUT2D eigenvalue weighted by molar-refractivity contribution is 9.10. The SMILES string of the molecule is O=C(Nc1ccncc1)c1cnc(N2CC(Oc3cc(F)ccc3Br)C2)cn1. The number of rotatable bonds is 5. The molecule has 0 unspecified atom stereocenters. The predicted molar refractivity (Wildman–Crippen MR) is 105 cm³/mol. The molecule has 2 aromatic heterocycles. The number of amides is 1. The number of benzene rings is 1. The average Bonchev–Trinajstić information content (AvgIpc) is 2.68. The Morgan fingerprint density at radius 1 is 1.18 bits per heavy atom. The van der Waals surface area contributed by atoms with Crippen LogP contribution in [0.4, 0.5) is 15.9 Å². The van der Waals surface area contributed by atoms with Crippen molar-refractivity contribution in [1.29, 1.82) is 0 Å². The van der Waals surface area contributed by atoms with Crippen LogP contribution >= 0.6 is 15.9 Å². The van der Waals surface area contributed by atoms with Gasteiger partial charge in [0.05, 0.1) is 30.0 Å². The molecule has 1 aliphatic heterocycles. The van der Waals surface area contributed by atoms with Crippen LogP contribution in [0.5, 0.6) is 5.75 Å². The van der Waals surface area contributed by atoms with E-state index in [1.807, 2.05) is 4.90 Å². The first-order valence-electron chi connectivity index (χ1n) is 8.48. The van der Waals surface area contributed by atoms with E-state index >= 15 is 0 Å². The fraction of sp³-hybridized carbons (Fsp3) is 0.158. The summed E-state index contributed by atoms with van der Waals surface area (Å²) in [6, 6.07) is 7.71. The number of pyridine rings is 1. The van der Waals surface area contributed by atoms with Crippen molar-refractivity contribution in [1.82, 2.24) is 15.0 Å². The van der Waals surface area contributed by atoms with E-state index in [0.717, 1.165) is 0 Å². The number of nitrogens with one attached hydrogen (secondary N) is 1. The molecule has 0 radical (unpaired) electrons. The van der Waals surface area contributed by atoms with Crippen LogP contribution in [0.3, 0.4) is 0 Å². The molecule has 1 fully saturated rings. The number of ether oxygens (including phenoxy) is 1. The third-order valence-electron chi connectivity index (χ3n) is 4.17. The minimum absolute atomic E-state index is 0.0745. The lowest BCUT2D eigenvalue weighted by molar-refractivity contribution is 0.102. The lowest BCUT2D eigenvalue weighted by Crippen LogP contribution is -2.54. The molecule has 1 aliphatic rings. The highest BCUT2D eigenvalue weighted by Crippen LogP contribution is 2.29. The molecule has 0 atom stereocenters. The van der Waals surface area contributed by atoms with E-state index in [9.17, 15) is 9.18 Å². The number of anilines is 2.